The topological polar surface area (TPSA) is 58.6 Å². The fourth-order valence-corrected chi connectivity index (χ4v) is 3.73. The van der Waals surface area contributed by atoms with E-state index in [0.717, 1.165) is 28.4 Å². The Bertz CT molecular complexity index is 1400. The Labute approximate surface area is 171 Å². The number of hydrogen-bond donors (Lipinski definition) is 1. The van der Waals surface area contributed by atoms with Gasteiger partial charge < -0.3 is 19.1 Å². The Balaban J connectivity index is 1.49. The van der Waals surface area contributed by atoms with Gasteiger partial charge >= 0.3 is 0 Å². The van der Waals surface area contributed by atoms with Gasteiger partial charge in [0.2, 0.25) is 0 Å². The summed E-state index contributed by atoms with van der Waals surface area (Å²) < 4.78 is 25.0. The number of furan rings is 2. The normalized spacial score (nSPS) is 14.6. The number of carbonyl (C=O) groups is 1. The number of benzene rings is 1. The van der Waals surface area contributed by atoms with E-state index in [0.29, 0.717) is 16.7 Å². The largest absolute Gasteiger partial charge is 0.463 e. The van der Waals surface area contributed by atoms with Gasteiger partial charge in [-0.3, -0.25) is 4.79 Å². The highest BCUT2D eigenvalue weighted by Gasteiger charge is 2.19. The lowest BCUT2D eigenvalue weighted by molar-refractivity contribution is 0.0968. The van der Waals surface area contributed by atoms with E-state index in [9.17, 15) is 9.18 Å². The zero-order chi connectivity index (χ0) is 20.8. The second kappa shape index (κ2) is 6.91. The summed E-state index contributed by atoms with van der Waals surface area (Å²) in [5, 5.41) is 3.34. The number of hydrogen-bond acceptors (Lipinski definition) is 4. The summed E-state index contributed by atoms with van der Waals surface area (Å²) in [6, 6.07) is 4.11. The molecular weight excluding hydrogens is 383 g/mol. The van der Waals surface area contributed by atoms with Gasteiger partial charge in [0.1, 0.15) is 28.5 Å². The van der Waals surface area contributed by atoms with Gasteiger partial charge in [-0.1, -0.05) is 6.08 Å². The highest BCUT2D eigenvalue weighted by molar-refractivity contribution is 6.07. The van der Waals surface area contributed by atoms with Crippen LogP contribution in [0.15, 0.2) is 62.9 Å². The van der Waals surface area contributed by atoms with E-state index >= 15 is 0 Å². The number of rotatable bonds is 3. The molecule has 2 aliphatic rings. The third-order valence-electron chi connectivity index (χ3n) is 5.33. The number of halogens is 1. The molecule has 1 N–H and O–H groups in total. The molecule has 0 aliphatic heterocycles. The molecule has 2 heterocycles. The zero-order valence-electron chi connectivity index (χ0n) is 16.5. The lowest BCUT2D eigenvalue weighted by Gasteiger charge is -2.18. The van der Waals surface area contributed by atoms with Crippen molar-refractivity contribution in [3.05, 3.63) is 87.4 Å². The van der Waals surface area contributed by atoms with E-state index in [4.69, 9.17) is 8.83 Å². The first-order chi connectivity index (χ1) is 14.5. The predicted molar refractivity (Wildman–Crippen MR) is 113 cm³/mol. The molecule has 0 atom stereocenters. The van der Waals surface area contributed by atoms with E-state index in [-0.39, 0.29) is 11.5 Å². The van der Waals surface area contributed by atoms with Crippen molar-refractivity contribution in [2.75, 3.05) is 14.1 Å². The molecular formula is C24H19FN2O3. The van der Waals surface area contributed by atoms with Crippen molar-refractivity contribution in [2.24, 2.45) is 0 Å². The van der Waals surface area contributed by atoms with Crippen molar-refractivity contribution in [3.63, 3.8) is 0 Å². The van der Waals surface area contributed by atoms with Gasteiger partial charge in [0.05, 0.1) is 5.56 Å². The van der Waals surface area contributed by atoms with Crippen LogP contribution in [0.25, 0.3) is 29.2 Å². The van der Waals surface area contributed by atoms with E-state index in [1.54, 1.807) is 6.08 Å². The maximum atomic E-state index is 13.6. The molecule has 0 bridgehead atoms. The standard InChI is InChI=1S/C24H19FN2O3/c1-27(2)16-7-9-23-19(12-16)18-11-15(4-3-5-22(18)30-23)26-24(28)20-13-29-21-8-6-14(25)10-17(20)21/h3-11,13H,12H2,1-2H3,(H,26,28). The van der Waals surface area contributed by atoms with Crippen molar-refractivity contribution in [3.8, 4) is 0 Å². The average molecular weight is 402 g/mol. The molecule has 3 aromatic rings. The van der Waals surface area contributed by atoms with Crippen LogP contribution < -0.4 is 16.1 Å². The first-order valence-corrected chi connectivity index (χ1v) is 9.58. The number of likely N-dealkylation sites (N-methyl/N-ethyl adjacent to an activating group) is 1. The minimum absolute atomic E-state index is 0.285. The minimum Gasteiger partial charge on any atom is -0.463 e. The van der Waals surface area contributed by atoms with Crippen LogP contribution in [-0.4, -0.2) is 24.9 Å². The van der Waals surface area contributed by atoms with Gasteiger partial charge in [-0.15, -0.1) is 0 Å². The maximum Gasteiger partial charge on any atom is 0.259 e. The quantitative estimate of drug-likeness (QED) is 0.732. The SMILES string of the molecule is CN(C)C1=CC=c2oc3c(c2C1)C=C(NC(=O)c1coc2ccc(F)cc12)C=CC=3. The summed E-state index contributed by atoms with van der Waals surface area (Å²) in [5.74, 6) is -0.784. The van der Waals surface area contributed by atoms with Gasteiger partial charge in [0.25, 0.3) is 5.91 Å². The Hall–Kier alpha value is -3.80. The zero-order valence-corrected chi connectivity index (χ0v) is 16.5. The van der Waals surface area contributed by atoms with E-state index in [1.165, 1.54) is 30.2 Å². The summed E-state index contributed by atoms with van der Waals surface area (Å²) >= 11 is 0. The molecule has 2 aliphatic carbocycles. The third kappa shape index (κ3) is 3.06. The van der Waals surface area contributed by atoms with E-state index < -0.39 is 5.82 Å². The van der Waals surface area contributed by atoms with Crippen LogP contribution in [0.3, 0.4) is 0 Å². The second-order valence-electron chi connectivity index (χ2n) is 7.49. The van der Waals surface area contributed by atoms with Gasteiger partial charge in [-0.2, -0.15) is 0 Å². The fourth-order valence-electron chi connectivity index (χ4n) is 3.73. The van der Waals surface area contributed by atoms with Gasteiger partial charge in [0, 0.05) is 48.4 Å². The Morgan fingerprint density at radius 2 is 2.03 bits per heavy atom. The van der Waals surface area contributed by atoms with Crippen LogP contribution in [0.4, 0.5) is 4.39 Å². The summed E-state index contributed by atoms with van der Waals surface area (Å²) in [6.45, 7) is 0. The molecule has 0 fully saturated rings. The minimum atomic E-state index is -0.420. The number of fused-ring (bicyclic) bond motifs is 4. The van der Waals surface area contributed by atoms with Crippen LogP contribution >= 0.6 is 0 Å². The maximum absolute atomic E-state index is 13.6. The highest BCUT2D eigenvalue weighted by Crippen LogP contribution is 2.23. The van der Waals surface area contributed by atoms with Crippen molar-refractivity contribution in [1.29, 1.82) is 0 Å². The number of carbonyl (C=O) groups excluding carboxylic acids is 1. The molecule has 5 rings (SSSR count). The van der Waals surface area contributed by atoms with E-state index in [2.05, 4.69) is 16.3 Å². The van der Waals surface area contributed by atoms with Crippen LogP contribution in [0, 0.1) is 5.82 Å². The van der Waals surface area contributed by atoms with Crippen LogP contribution in [-0.2, 0) is 6.42 Å². The lowest BCUT2D eigenvalue weighted by atomic mass is 10.0. The Morgan fingerprint density at radius 3 is 2.87 bits per heavy atom. The summed E-state index contributed by atoms with van der Waals surface area (Å²) in [7, 11) is 4.02. The van der Waals surface area contributed by atoms with E-state index in [1.807, 2.05) is 38.4 Å². The fraction of sp³-hybridized carbons (Fsp3) is 0.125. The first-order valence-electron chi connectivity index (χ1n) is 9.58. The molecule has 6 heteroatoms. The predicted octanol–water partition coefficient (Wildman–Crippen LogP) is 3.07. The monoisotopic (exact) mass is 402 g/mol. The lowest BCUT2D eigenvalue weighted by Crippen LogP contribution is -2.22. The number of nitrogens with zero attached hydrogens (tertiary/aromatic N) is 1. The molecule has 0 saturated carbocycles. The summed E-state index contributed by atoms with van der Waals surface area (Å²) in [4.78, 5) is 14.9. The van der Waals surface area contributed by atoms with Crippen molar-refractivity contribution >= 4 is 35.1 Å². The molecule has 5 nitrogen and oxygen atoms in total. The highest BCUT2D eigenvalue weighted by atomic mass is 19.1. The molecule has 0 spiro atoms. The molecule has 1 aromatic carbocycles. The molecule has 0 saturated heterocycles. The molecule has 0 radical (unpaired) electrons. The van der Waals surface area contributed by atoms with Crippen LogP contribution in [0.5, 0.6) is 0 Å². The Kier molecular flexibility index (Phi) is 4.20. The number of allylic oxidation sites excluding steroid dienone is 4. The molecule has 1 amide bonds. The summed E-state index contributed by atoms with van der Waals surface area (Å²) in [6.07, 6.45) is 13.5. The first kappa shape index (κ1) is 18.2. The second-order valence-corrected chi connectivity index (χ2v) is 7.49. The van der Waals surface area contributed by atoms with Crippen molar-refractivity contribution < 1.29 is 18.0 Å². The number of nitrogens with one attached hydrogen (secondary N) is 1. The molecule has 0 unspecified atom stereocenters. The third-order valence-corrected chi connectivity index (χ3v) is 5.33. The Morgan fingerprint density at radius 1 is 1.17 bits per heavy atom. The van der Waals surface area contributed by atoms with Gasteiger partial charge in [0.15, 0.2) is 0 Å². The van der Waals surface area contributed by atoms with Gasteiger partial charge in [-0.05, 0) is 48.6 Å². The van der Waals surface area contributed by atoms with Crippen molar-refractivity contribution in [1.82, 2.24) is 10.2 Å². The summed E-state index contributed by atoms with van der Waals surface area (Å²) in [5.41, 5.74) is 6.14. The average Bonchev–Trinajstić information content (AvgIpc) is 3.22. The number of amides is 1. The molecule has 150 valence electrons. The smallest absolute Gasteiger partial charge is 0.259 e. The van der Waals surface area contributed by atoms with Crippen molar-refractivity contribution in [2.45, 2.75) is 6.42 Å². The van der Waals surface area contributed by atoms with Gasteiger partial charge in [-0.25, -0.2) is 4.39 Å². The molecule has 2 aromatic heterocycles. The molecule has 30 heavy (non-hydrogen) atoms. The van der Waals surface area contributed by atoms with Crippen LogP contribution in [0.1, 0.15) is 21.5 Å². The van der Waals surface area contributed by atoms with Crippen LogP contribution in [0.2, 0.25) is 0 Å².